The molecule has 0 radical (unpaired) electrons. The van der Waals surface area contributed by atoms with Gasteiger partial charge < -0.3 is 11.1 Å². The normalized spacial score (nSPS) is 12.2. The quantitative estimate of drug-likeness (QED) is 0.772. The fraction of sp³-hybridized carbons (Fsp3) is 0.0625. The van der Waals surface area contributed by atoms with Crippen molar-refractivity contribution in [2.45, 2.75) is 6.04 Å². The second kappa shape index (κ2) is 5.45. The van der Waals surface area contributed by atoms with E-state index in [0.717, 1.165) is 16.6 Å². The number of hydrogen-bond donors (Lipinski definition) is 2. The van der Waals surface area contributed by atoms with Crippen molar-refractivity contribution in [1.29, 1.82) is 0 Å². The molecular formula is C16H14N2OS. The predicted molar refractivity (Wildman–Crippen MR) is 83.8 cm³/mol. The number of thiophene rings is 1. The molecular weight excluding hydrogens is 268 g/mol. The van der Waals surface area contributed by atoms with Gasteiger partial charge in [-0.3, -0.25) is 4.79 Å². The number of rotatable bonds is 3. The highest BCUT2D eigenvalue weighted by molar-refractivity contribution is 7.17. The van der Waals surface area contributed by atoms with Crippen molar-refractivity contribution in [2.24, 2.45) is 5.73 Å². The van der Waals surface area contributed by atoms with E-state index in [9.17, 15) is 4.79 Å². The Morgan fingerprint density at radius 3 is 2.70 bits per heavy atom. The molecule has 0 fully saturated rings. The minimum atomic E-state index is -0.658. The van der Waals surface area contributed by atoms with Crippen LogP contribution in [0, 0.1) is 0 Å². The fourth-order valence-corrected chi connectivity index (χ4v) is 2.85. The molecule has 0 aliphatic rings. The van der Waals surface area contributed by atoms with Gasteiger partial charge in [0.25, 0.3) is 0 Å². The molecule has 1 atom stereocenters. The number of anilines is 1. The second-order valence-corrected chi connectivity index (χ2v) is 5.50. The Labute approximate surface area is 121 Å². The maximum absolute atomic E-state index is 12.2. The zero-order chi connectivity index (χ0) is 13.9. The zero-order valence-corrected chi connectivity index (χ0v) is 11.6. The maximum Gasteiger partial charge on any atom is 0.245 e. The van der Waals surface area contributed by atoms with E-state index in [1.54, 1.807) is 11.3 Å². The largest absolute Gasteiger partial charge is 0.324 e. The van der Waals surface area contributed by atoms with E-state index in [1.807, 2.05) is 60.0 Å². The SMILES string of the molecule is NC(C(=O)Nc1ccc2sccc2c1)c1ccccc1. The van der Waals surface area contributed by atoms with Gasteiger partial charge in [-0.1, -0.05) is 30.3 Å². The smallest absolute Gasteiger partial charge is 0.245 e. The summed E-state index contributed by atoms with van der Waals surface area (Å²) in [7, 11) is 0. The Hall–Kier alpha value is -2.17. The Bertz CT molecular complexity index is 736. The molecule has 3 nitrogen and oxygen atoms in total. The molecule has 3 aromatic rings. The number of fused-ring (bicyclic) bond motifs is 1. The third kappa shape index (κ3) is 2.57. The van der Waals surface area contributed by atoms with Crippen LogP contribution >= 0.6 is 11.3 Å². The lowest BCUT2D eigenvalue weighted by Gasteiger charge is -2.12. The van der Waals surface area contributed by atoms with Gasteiger partial charge in [-0.2, -0.15) is 0 Å². The van der Waals surface area contributed by atoms with E-state index in [0.29, 0.717) is 0 Å². The number of nitrogens with one attached hydrogen (secondary N) is 1. The van der Waals surface area contributed by atoms with E-state index in [-0.39, 0.29) is 5.91 Å². The number of nitrogens with two attached hydrogens (primary N) is 1. The lowest BCUT2D eigenvalue weighted by molar-refractivity contribution is -0.117. The minimum absolute atomic E-state index is 0.203. The Morgan fingerprint density at radius 2 is 1.90 bits per heavy atom. The number of amides is 1. The molecule has 1 unspecified atom stereocenters. The fourth-order valence-electron chi connectivity index (χ4n) is 2.08. The molecule has 1 heterocycles. The first-order chi connectivity index (χ1) is 9.74. The predicted octanol–water partition coefficient (Wildman–Crippen LogP) is 3.54. The molecule has 4 heteroatoms. The highest BCUT2D eigenvalue weighted by atomic mass is 32.1. The summed E-state index contributed by atoms with van der Waals surface area (Å²) in [5, 5.41) is 6.02. The molecule has 0 bridgehead atoms. The van der Waals surface area contributed by atoms with Gasteiger partial charge in [-0.25, -0.2) is 0 Å². The van der Waals surface area contributed by atoms with E-state index in [2.05, 4.69) is 5.32 Å². The molecule has 3 N–H and O–H groups in total. The van der Waals surface area contributed by atoms with E-state index >= 15 is 0 Å². The number of hydrogen-bond acceptors (Lipinski definition) is 3. The molecule has 1 amide bonds. The summed E-state index contributed by atoms with van der Waals surface area (Å²) in [6.45, 7) is 0. The van der Waals surface area contributed by atoms with E-state index in [1.165, 1.54) is 4.70 Å². The summed E-state index contributed by atoms with van der Waals surface area (Å²) in [5.74, 6) is -0.203. The standard InChI is InChI=1S/C16H14N2OS/c17-15(11-4-2-1-3-5-11)16(19)18-13-6-7-14-12(10-13)8-9-20-14/h1-10,15H,17H2,(H,18,19). The van der Waals surface area contributed by atoms with Gasteiger partial charge in [0, 0.05) is 10.4 Å². The van der Waals surface area contributed by atoms with Crippen LogP contribution in [0.1, 0.15) is 11.6 Å². The van der Waals surface area contributed by atoms with Crippen LogP contribution < -0.4 is 11.1 Å². The van der Waals surface area contributed by atoms with Crippen molar-refractivity contribution >= 4 is 33.0 Å². The number of carbonyl (C=O) groups is 1. The number of carbonyl (C=O) groups excluding carboxylic acids is 1. The van der Waals surface area contributed by atoms with Crippen molar-refractivity contribution in [3.05, 3.63) is 65.5 Å². The molecule has 0 aliphatic carbocycles. The van der Waals surface area contributed by atoms with Gasteiger partial charge in [0.2, 0.25) is 5.91 Å². The molecule has 20 heavy (non-hydrogen) atoms. The molecule has 1 aromatic heterocycles. The van der Waals surface area contributed by atoms with Gasteiger partial charge in [-0.05, 0) is 40.6 Å². The molecule has 0 aliphatic heterocycles. The first-order valence-corrected chi connectivity index (χ1v) is 7.21. The van der Waals surface area contributed by atoms with Crippen LogP contribution in [0.4, 0.5) is 5.69 Å². The monoisotopic (exact) mass is 282 g/mol. The third-order valence-corrected chi connectivity index (χ3v) is 4.06. The van der Waals surface area contributed by atoms with Crippen LogP contribution in [0.3, 0.4) is 0 Å². The summed E-state index contributed by atoms with van der Waals surface area (Å²) in [4.78, 5) is 12.2. The Balaban J connectivity index is 1.78. The van der Waals surface area contributed by atoms with E-state index < -0.39 is 6.04 Å². The number of benzene rings is 2. The second-order valence-electron chi connectivity index (χ2n) is 4.55. The van der Waals surface area contributed by atoms with Gasteiger partial charge in [0.15, 0.2) is 0 Å². The van der Waals surface area contributed by atoms with Crippen LogP contribution in [0.2, 0.25) is 0 Å². The summed E-state index contributed by atoms with van der Waals surface area (Å²) in [6.07, 6.45) is 0. The highest BCUT2D eigenvalue weighted by Crippen LogP contribution is 2.24. The topological polar surface area (TPSA) is 55.1 Å². The van der Waals surface area contributed by atoms with Gasteiger partial charge in [0.1, 0.15) is 6.04 Å². The summed E-state index contributed by atoms with van der Waals surface area (Å²) >= 11 is 1.68. The molecule has 3 rings (SSSR count). The van der Waals surface area contributed by atoms with Crippen LogP contribution in [0.25, 0.3) is 10.1 Å². The maximum atomic E-state index is 12.2. The summed E-state index contributed by atoms with van der Waals surface area (Å²) in [6, 6.07) is 16.6. The highest BCUT2D eigenvalue weighted by Gasteiger charge is 2.15. The summed E-state index contributed by atoms with van der Waals surface area (Å²) < 4.78 is 1.20. The zero-order valence-electron chi connectivity index (χ0n) is 10.7. The van der Waals surface area contributed by atoms with Crippen molar-refractivity contribution in [3.8, 4) is 0 Å². The summed E-state index contributed by atoms with van der Waals surface area (Å²) in [5.41, 5.74) is 7.55. The minimum Gasteiger partial charge on any atom is -0.324 e. The Morgan fingerprint density at radius 1 is 1.10 bits per heavy atom. The van der Waals surface area contributed by atoms with Crippen molar-refractivity contribution < 1.29 is 4.79 Å². The average Bonchev–Trinajstić information content (AvgIpc) is 2.95. The molecule has 2 aromatic carbocycles. The van der Waals surface area contributed by atoms with Crippen LogP contribution in [-0.4, -0.2) is 5.91 Å². The lowest BCUT2D eigenvalue weighted by atomic mass is 10.1. The molecule has 100 valence electrons. The van der Waals surface area contributed by atoms with Crippen LogP contribution in [0.15, 0.2) is 60.0 Å². The van der Waals surface area contributed by atoms with Gasteiger partial charge in [0.05, 0.1) is 0 Å². The average molecular weight is 282 g/mol. The molecule has 0 saturated carbocycles. The third-order valence-electron chi connectivity index (χ3n) is 3.16. The molecule has 0 spiro atoms. The lowest BCUT2D eigenvalue weighted by Crippen LogP contribution is -2.27. The molecule has 0 saturated heterocycles. The van der Waals surface area contributed by atoms with Crippen LogP contribution in [0.5, 0.6) is 0 Å². The Kier molecular flexibility index (Phi) is 3.50. The van der Waals surface area contributed by atoms with Gasteiger partial charge in [-0.15, -0.1) is 11.3 Å². The van der Waals surface area contributed by atoms with Crippen molar-refractivity contribution in [2.75, 3.05) is 5.32 Å². The van der Waals surface area contributed by atoms with Crippen molar-refractivity contribution in [1.82, 2.24) is 0 Å². The van der Waals surface area contributed by atoms with Gasteiger partial charge >= 0.3 is 0 Å². The van der Waals surface area contributed by atoms with E-state index in [4.69, 9.17) is 5.73 Å². The van der Waals surface area contributed by atoms with Crippen molar-refractivity contribution in [3.63, 3.8) is 0 Å². The van der Waals surface area contributed by atoms with Crippen LogP contribution in [-0.2, 0) is 4.79 Å². The first-order valence-electron chi connectivity index (χ1n) is 6.33. The first kappa shape index (κ1) is 12.8.